The Bertz CT molecular complexity index is 212. The van der Waals surface area contributed by atoms with Gasteiger partial charge >= 0.3 is 0 Å². The summed E-state index contributed by atoms with van der Waals surface area (Å²) in [6.45, 7) is 3.90. The third kappa shape index (κ3) is 5.45. The van der Waals surface area contributed by atoms with Crippen LogP contribution < -0.4 is 0 Å². The molecule has 79 valence electrons. The number of carbonyl (C=O) groups is 2. The summed E-state index contributed by atoms with van der Waals surface area (Å²) >= 11 is 0.914. The predicted octanol–water partition coefficient (Wildman–Crippen LogP) is 1.43. The van der Waals surface area contributed by atoms with Gasteiger partial charge in [0.05, 0.1) is 6.61 Å². The smallest absolute Gasteiger partial charge is 0.209 e. The van der Waals surface area contributed by atoms with E-state index in [0.717, 1.165) is 25.3 Å². The first-order valence-corrected chi connectivity index (χ1v) is 5.30. The average molecular weight is 217 g/mol. The van der Waals surface area contributed by atoms with Crippen LogP contribution in [0.4, 0.5) is 0 Å². The molecule has 0 amide bonds. The molecule has 0 unspecified atom stereocenters. The molecule has 0 heterocycles. The van der Waals surface area contributed by atoms with Crippen molar-refractivity contribution in [2.75, 3.05) is 6.61 Å². The SMILES string of the molecule is [3H][B]SOCC(C)(C)C(=O)CCCC=O. The van der Waals surface area contributed by atoms with Gasteiger partial charge in [0.2, 0.25) is 7.09 Å². The summed E-state index contributed by atoms with van der Waals surface area (Å²) in [6.07, 6.45) is 2.26. The molecule has 0 spiro atoms. The predicted molar refractivity (Wildman–Crippen MR) is 59.4 cm³/mol. The van der Waals surface area contributed by atoms with E-state index >= 15 is 0 Å². The first kappa shape index (κ1) is 11.8. The van der Waals surface area contributed by atoms with Gasteiger partial charge in [0.15, 0.2) is 0 Å². The van der Waals surface area contributed by atoms with Gasteiger partial charge in [0, 0.05) is 18.3 Å². The van der Waals surface area contributed by atoms with Gasteiger partial charge in [0.1, 0.15) is 12.1 Å². The van der Waals surface area contributed by atoms with Gasteiger partial charge in [0.25, 0.3) is 0 Å². The first-order valence-electron chi connectivity index (χ1n) is 5.07. The molecule has 0 aliphatic rings. The summed E-state index contributed by atoms with van der Waals surface area (Å²) in [5.41, 5.74) is -0.543. The number of carbonyl (C=O) groups excluding carboxylic acids is 2. The van der Waals surface area contributed by atoms with E-state index in [-0.39, 0.29) is 12.4 Å². The number of Topliss-reactive ketones (excluding diaryl/α,β-unsaturated/α-hetero) is 1. The first-order chi connectivity index (χ1) is 7.04. The second-order valence-corrected chi connectivity index (χ2v) is 4.15. The Kier molecular flexibility index (Phi) is 5.95. The molecule has 0 aliphatic carbocycles. The third-order valence-corrected chi connectivity index (χ3v) is 2.22. The quantitative estimate of drug-likeness (QED) is 0.253. The van der Waals surface area contributed by atoms with Gasteiger partial charge in [-0.1, -0.05) is 25.7 Å². The lowest BCUT2D eigenvalue weighted by Crippen LogP contribution is -2.28. The standard InChI is InChI=1S/C9H16BO3S/c1-9(2,7-13-14-10)8(12)5-3-4-6-11/h6,10H,3-5,7H2,1-2H3/i10T. The average Bonchev–Trinajstić information content (AvgIpc) is 2.18. The lowest BCUT2D eigenvalue weighted by atomic mass is 9.86. The van der Waals surface area contributed by atoms with Crippen molar-refractivity contribution in [3.63, 3.8) is 0 Å². The molecule has 3 nitrogen and oxygen atoms in total. The minimum absolute atomic E-state index is 0.0925. The summed E-state index contributed by atoms with van der Waals surface area (Å²) in [6, 6.07) is 0. The van der Waals surface area contributed by atoms with Gasteiger partial charge in [-0.25, -0.2) is 0 Å². The van der Waals surface area contributed by atoms with Crippen LogP contribution in [0.3, 0.4) is 0 Å². The molecule has 0 atom stereocenters. The van der Waals surface area contributed by atoms with E-state index in [2.05, 4.69) is 0 Å². The van der Waals surface area contributed by atoms with Crippen molar-refractivity contribution in [3.8, 4) is 0 Å². The summed E-state index contributed by atoms with van der Waals surface area (Å²) in [5.74, 6) is 0.0925. The largest absolute Gasteiger partial charge is 0.327 e. The van der Waals surface area contributed by atoms with Gasteiger partial charge in [-0.2, -0.15) is 0 Å². The Hall–Kier alpha value is -0.285. The zero-order chi connectivity index (χ0) is 11.7. The number of ketones is 1. The molecule has 0 aliphatic heterocycles. The number of aldehydes is 1. The minimum Gasteiger partial charge on any atom is -0.327 e. The van der Waals surface area contributed by atoms with Crippen LogP contribution in [0, 0.1) is 5.41 Å². The molecule has 0 bridgehead atoms. The van der Waals surface area contributed by atoms with Crippen molar-refractivity contribution < 1.29 is 13.8 Å². The van der Waals surface area contributed by atoms with Crippen molar-refractivity contribution in [3.05, 3.63) is 0 Å². The highest BCUT2D eigenvalue weighted by atomic mass is 32.2. The van der Waals surface area contributed by atoms with E-state index in [1.807, 2.05) is 0 Å². The van der Waals surface area contributed by atoms with E-state index in [1.165, 1.54) is 0 Å². The van der Waals surface area contributed by atoms with Gasteiger partial charge in [-0.15, -0.1) is 0 Å². The molecule has 1 radical (unpaired) electrons. The molecule has 0 saturated carbocycles. The van der Waals surface area contributed by atoms with E-state index in [0.29, 0.717) is 19.3 Å². The second kappa shape index (κ2) is 7.07. The molecule has 0 rings (SSSR count). The molecular weight excluding hydrogens is 199 g/mol. The fraction of sp³-hybridized carbons (Fsp3) is 0.778. The second-order valence-electron chi connectivity index (χ2n) is 3.72. The maximum Gasteiger partial charge on any atom is 0.209 e. The zero-order valence-electron chi connectivity index (χ0n) is 9.62. The lowest BCUT2D eigenvalue weighted by molar-refractivity contribution is -0.128. The Balaban J connectivity index is 3.85. The maximum atomic E-state index is 11.7. The minimum atomic E-state index is -0.543. The molecule has 0 fully saturated rings. The fourth-order valence-corrected chi connectivity index (χ4v) is 1.31. The highest BCUT2D eigenvalue weighted by Gasteiger charge is 2.26. The monoisotopic (exact) mass is 217 g/mol. The normalized spacial score (nSPS) is 12.0. The van der Waals surface area contributed by atoms with E-state index in [9.17, 15) is 9.59 Å². The molecule has 0 saturated heterocycles. The maximum absolute atomic E-state index is 11.7. The van der Waals surface area contributed by atoms with Crippen molar-refractivity contribution in [2.24, 2.45) is 5.41 Å². The van der Waals surface area contributed by atoms with Gasteiger partial charge in [-0.3, -0.25) is 4.79 Å². The highest BCUT2D eigenvalue weighted by Crippen LogP contribution is 2.21. The van der Waals surface area contributed by atoms with Crippen LogP contribution in [-0.2, 0) is 13.8 Å². The topological polar surface area (TPSA) is 43.4 Å². The Labute approximate surface area is 91.8 Å². The number of rotatable bonds is 9. The van der Waals surface area contributed by atoms with Crippen molar-refractivity contribution in [1.29, 1.82) is 1.34 Å². The van der Waals surface area contributed by atoms with Crippen LogP contribution in [0.25, 0.3) is 0 Å². The molecule has 0 aromatic carbocycles. The Morgan fingerprint density at radius 1 is 1.71 bits per heavy atom. The number of hydrogen-bond acceptors (Lipinski definition) is 4. The van der Waals surface area contributed by atoms with Crippen molar-refractivity contribution in [2.45, 2.75) is 33.1 Å². The fourth-order valence-electron chi connectivity index (χ4n) is 0.946. The Morgan fingerprint density at radius 2 is 2.43 bits per heavy atom. The van der Waals surface area contributed by atoms with Gasteiger partial charge in [-0.05, 0) is 7.76 Å². The van der Waals surface area contributed by atoms with Gasteiger partial charge < -0.3 is 8.98 Å². The number of unbranched alkanes of at least 4 members (excludes halogenated alkanes) is 1. The summed E-state index contributed by atoms with van der Waals surface area (Å²) in [7, 11) is 1.08. The number of hydrogen-bond donors (Lipinski definition) is 0. The third-order valence-electron chi connectivity index (χ3n) is 1.97. The Morgan fingerprint density at radius 3 is 3.00 bits per heavy atom. The molecule has 0 N–H and O–H groups in total. The molecular formula is C9H16BO3S. The van der Waals surface area contributed by atoms with Crippen molar-refractivity contribution >= 4 is 31.1 Å². The lowest BCUT2D eigenvalue weighted by Gasteiger charge is -2.21. The van der Waals surface area contributed by atoms with Crippen LogP contribution in [0.2, 0.25) is 0 Å². The highest BCUT2D eigenvalue weighted by molar-refractivity contribution is 8.15. The van der Waals surface area contributed by atoms with Crippen LogP contribution in [0.1, 0.15) is 33.1 Å². The van der Waals surface area contributed by atoms with E-state index in [1.54, 1.807) is 13.8 Å². The summed E-state index contributed by atoms with van der Waals surface area (Å²) < 4.78 is 11.8. The van der Waals surface area contributed by atoms with Crippen molar-refractivity contribution in [1.82, 2.24) is 0 Å². The van der Waals surface area contributed by atoms with E-state index in [4.69, 9.17) is 5.52 Å². The van der Waals surface area contributed by atoms with Crippen LogP contribution in [-0.4, -0.2) is 27.1 Å². The van der Waals surface area contributed by atoms with Crippen LogP contribution in [0.15, 0.2) is 0 Å². The molecule has 5 heteroatoms. The van der Waals surface area contributed by atoms with Crippen LogP contribution >= 0.6 is 11.9 Å². The molecule has 0 aromatic heterocycles. The zero-order valence-corrected chi connectivity index (χ0v) is 9.43. The molecule has 0 aromatic rings. The molecule has 14 heavy (non-hydrogen) atoms. The summed E-state index contributed by atoms with van der Waals surface area (Å²) in [5, 5.41) is 0. The van der Waals surface area contributed by atoms with Crippen LogP contribution in [0.5, 0.6) is 0 Å². The van der Waals surface area contributed by atoms with E-state index < -0.39 is 5.41 Å². The summed E-state index contributed by atoms with van der Waals surface area (Å²) in [4.78, 5) is 21.8.